The summed E-state index contributed by atoms with van der Waals surface area (Å²) < 4.78 is 21.8. The third kappa shape index (κ3) is 7.15. The molecule has 19 heavy (non-hydrogen) atoms. The average Bonchev–Trinajstić information content (AvgIpc) is 2.30. The van der Waals surface area contributed by atoms with Crippen molar-refractivity contribution in [1.29, 1.82) is 0 Å². The van der Waals surface area contributed by atoms with Gasteiger partial charge in [-0.1, -0.05) is 23.7 Å². The van der Waals surface area contributed by atoms with Gasteiger partial charge in [-0.3, -0.25) is 4.79 Å². The lowest BCUT2D eigenvalue weighted by Gasteiger charge is -2.07. The highest BCUT2D eigenvalue weighted by Gasteiger charge is 2.05. The average molecular weight is 305 g/mol. The molecule has 1 rings (SSSR count). The highest BCUT2D eigenvalue weighted by Crippen LogP contribution is 2.19. The molecule has 7 heteroatoms. The maximum atomic E-state index is 11.6. The molecule has 0 radical (unpaired) electrons. The van der Waals surface area contributed by atoms with Gasteiger partial charge in [-0.05, 0) is 25.1 Å². The molecular formula is C12H17ClN2O3S. The van der Waals surface area contributed by atoms with Crippen LogP contribution in [0.4, 0.5) is 5.69 Å². The molecule has 0 aromatic heterocycles. The second-order valence-electron chi connectivity index (χ2n) is 4.19. The molecule has 0 saturated heterocycles. The number of hydrogen-bond donors (Lipinski definition) is 2. The summed E-state index contributed by atoms with van der Waals surface area (Å²) in [6, 6.07) is 6.96. The lowest BCUT2D eigenvalue weighted by molar-refractivity contribution is -0.115. The van der Waals surface area contributed by atoms with Crippen molar-refractivity contribution in [2.75, 3.05) is 30.4 Å². The van der Waals surface area contributed by atoms with Gasteiger partial charge >= 0.3 is 0 Å². The summed E-state index contributed by atoms with van der Waals surface area (Å²) in [7, 11) is -2.94. The Kier molecular flexibility index (Phi) is 6.27. The van der Waals surface area contributed by atoms with Crippen molar-refractivity contribution in [2.24, 2.45) is 0 Å². The molecule has 0 spiro atoms. The van der Waals surface area contributed by atoms with Gasteiger partial charge in [0.15, 0.2) is 0 Å². The van der Waals surface area contributed by atoms with Crippen LogP contribution >= 0.6 is 11.6 Å². The van der Waals surface area contributed by atoms with Gasteiger partial charge in [0, 0.05) is 6.26 Å². The van der Waals surface area contributed by atoms with E-state index in [2.05, 4.69) is 10.6 Å². The van der Waals surface area contributed by atoms with Gasteiger partial charge in [-0.2, -0.15) is 0 Å². The number of anilines is 1. The van der Waals surface area contributed by atoms with Crippen LogP contribution in [0.2, 0.25) is 5.02 Å². The molecule has 0 bridgehead atoms. The van der Waals surface area contributed by atoms with Crippen LogP contribution in [0.3, 0.4) is 0 Å². The minimum absolute atomic E-state index is 0.117. The number of sulfone groups is 1. The second-order valence-corrected chi connectivity index (χ2v) is 6.86. The molecule has 0 atom stereocenters. The van der Waals surface area contributed by atoms with Crippen molar-refractivity contribution >= 4 is 33.0 Å². The Hall–Kier alpha value is -1.11. The van der Waals surface area contributed by atoms with E-state index < -0.39 is 9.84 Å². The third-order valence-electron chi connectivity index (χ3n) is 2.30. The van der Waals surface area contributed by atoms with Gasteiger partial charge < -0.3 is 10.6 Å². The predicted octanol–water partition coefficient (Wildman–Crippen LogP) is 1.30. The van der Waals surface area contributed by atoms with E-state index in [1.54, 1.807) is 24.3 Å². The first-order valence-corrected chi connectivity index (χ1v) is 8.25. The normalized spacial score (nSPS) is 11.3. The molecule has 0 saturated carbocycles. The fourth-order valence-corrected chi connectivity index (χ4v) is 2.27. The topological polar surface area (TPSA) is 75.3 Å². The summed E-state index contributed by atoms with van der Waals surface area (Å²) in [6.07, 6.45) is 1.68. The Morgan fingerprint density at radius 1 is 1.32 bits per heavy atom. The fourth-order valence-electron chi connectivity index (χ4n) is 1.42. The Morgan fingerprint density at radius 3 is 2.63 bits per heavy atom. The molecule has 0 aliphatic rings. The van der Waals surface area contributed by atoms with E-state index in [0.717, 1.165) is 0 Å². The van der Waals surface area contributed by atoms with Crippen molar-refractivity contribution in [1.82, 2.24) is 5.32 Å². The molecule has 5 nitrogen and oxygen atoms in total. The number of halogens is 1. The van der Waals surface area contributed by atoms with Gasteiger partial charge in [0.1, 0.15) is 9.84 Å². The first-order valence-electron chi connectivity index (χ1n) is 5.81. The largest absolute Gasteiger partial charge is 0.324 e. The molecule has 0 aliphatic heterocycles. The molecule has 106 valence electrons. The van der Waals surface area contributed by atoms with Crippen LogP contribution in [0.25, 0.3) is 0 Å². The van der Waals surface area contributed by atoms with Gasteiger partial charge in [0.2, 0.25) is 5.91 Å². The summed E-state index contributed by atoms with van der Waals surface area (Å²) in [5, 5.41) is 6.02. The first-order chi connectivity index (χ1) is 8.88. The lowest BCUT2D eigenvalue weighted by Crippen LogP contribution is -2.29. The maximum Gasteiger partial charge on any atom is 0.238 e. The van der Waals surface area contributed by atoms with Crippen LogP contribution in [0.5, 0.6) is 0 Å². The molecule has 1 amide bonds. The Morgan fingerprint density at radius 2 is 2.00 bits per heavy atom. The number of carbonyl (C=O) groups excluding carboxylic acids is 1. The number of nitrogens with one attached hydrogen (secondary N) is 2. The van der Waals surface area contributed by atoms with E-state index >= 15 is 0 Å². The minimum atomic E-state index is -2.94. The molecule has 1 aromatic carbocycles. The number of rotatable bonds is 7. The van der Waals surface area contributed by atoms with Crippen LogP contribution in [-0.2, 0) is 14.6 Å². The van der Waals surface area contributed by atoms with Crippen molar-refractivity contribution in [2.45, 2.75) is 6.42 Å². The van der Waals surface area contributed by atoms with E-state index in [0.29, 0.717) is 23.7 Å². The molecule has 1 aromatic rings. The first kappa shape index (κ1) is 15.9. The second kappa shape index (κ2) is 7.47. The smallest absolute Gasteiger partial charge is 0.238 e. The molecule has 2 N–H and O–H groups in total. The highest BCUT2D eigenvalue weighted by molar-refractivity contribution is 7.90. The number of amides is 1. The maximum absolute atomic E-state index is 11.6. The van der Waals surface area contributed by atoms with Gasteiger partial charge in [0.25, 0.3) is 0 Å². The van der Waals surface area contributed by atoms with Crippen molar-refractivity contribution < 1.29 is 13.2 Å². The summed E-state index contributed by atoms with van der Waals surface area (Å²) in [6.45, 7) is 0.595. The standard InChI is InChI=1S/C12H17ClN2O3S/c1-19(17,18)8-4-7-14-9-12(16)15-11-6-3-2-5-10(11)13/h2-3,5-6,14H,4,7-9H2,1H3,(H,15,16). The Balaban J connectivity index is 2.24. The summed E-state index contributed by atoms with van der Waals surface area (Å²) >= 11 is 5.90. The predicted molar refractivity (Wildman–Crippen MR) is 77.3 cm³/mol. The zero-order valence-electron chi connectivity index (χ0n) is 10.6. The van der Waals surface area contributed by atoms with Gasteiger partial charge in [-0.25, -0.2) is 8.42 Å². The van der Waals surface area contributed by atoms with Gasteiger partial charge in [-0.15, -0.1) is 0 Å². The number of hydrogen-bond acceptors (Lipinski definition) is 4. The number of benzene rings is 1. The van der Waals surface area contributed by atoms with Crippen molar-refractivity contribution in [3.8, 4) is 0 Å². The molecular weight excluding hydrogens is 288 g/mol. The van der Waals surface area contributed by atoms with E-state index in [4.69, 9.17) is 11.6 Å². The molecule has 0 fully saturated rings. The van der Waals surface area contributed by atoms with E-state index in [-0.39, 0.29) is 18.2 Å². The molecule has 0 unspecified atom stereocenters. The molecule has 0 aliphatic carbocycles. The van der Waals surface area contributed by atoms with Crippen LogP contribution in [-0.4, -0.2) is 39.4 Å². The number of para-hydroxylation sites is 1. The van der Waals surface area contributed by atoms with Gasteiger partial charge in [0.05, 0.1) is 23.0 Å². The zero-order chi connectivity index (χ0) is 14.3. The monoisotopic (exact) mass is 304 g/mol. The van der Waals surface area contributed by atoms with Crippen LogP contribution in [0.15, 0.2) is 24.3 Å². The summed E-state index contributed by atoms with van der Waals surface area (Å²) in [5.41, 5.74) is 0.562. The lowest BCUT2D eigenvalue weighted by atomic mass is 10.3. The number of carbonyl (C=O) groups is 1. The Bertz CT molecular complexity index is 532. The van der Waals surface area contributed by atoms with E-state index in [1.807, 2.05) is 0 Å². The summed E-state index contributed by atoms with van der Waals surface area (Å²) in [5.74, 6) is -0.0981. The minimum Gasteiger partial charge on any atom is -0.324 e. The van der Waals surface area contributed by atoms with E-state index in [9.17, 15) is 13.2 Å². The van der Waals surface area contributed by atoms with Crippen LogP contribution in [0.1, 0.15) is 6.42 Å². The van der Waals surface area contributed by atoms with Crippen molar-refractivity contribution in [3.05, 3.63) is 29.3 Å². The fraction of sp³-hybridized carbons (Fsp3) is 0.417. The SMILES string of the molecule is CS(=O)(=O)CCCNCC(=O)Nc1ccccc1Cl. The zero-order valence-corrected chi connectivity index (χ0v) is 12.2. The quantitative estimate of drug-likeness (QED) is 0.745. The highest BCUT2D eigenvalue weighted by atomic mass is 35.5. The van der Waals surface area contributed by atoms with Crippen LogP contribution in [0, 0.1) is 0 Å². The van der Waals surface area contributed by atoms with E-state index in [1.165, 1.54) is 6.26 Å². The van der Waals surface area contributed by atoms with Crippen LogP contribution < -0.4 is 10.6 Å². The third-order valence-corrected chi connectivity index (χ3v) is 3.66. The summed E-state index contributed by atoms with van der Waals surface area (Å²) in [4.78, 5) is 11.6. The Labute approximate surface area is 118 Å². The molecule has 0 heterocycles. The van der Waals surface area contributed by atoms with Crippen molar-refractivity contribution in [3.63, 3.8) is 0 Å².